The first-order chi connectivity index (χ1) is 21.2. The Hall–Kier alpha value is -0.860. The molecule has 0 amide bonds. The maximum absolute atomic E-state index is 12.0. The Morgan fingerprint density at radius 3 is 0.628 bits per heavy atom. The molecule has 0 spiro atoms. The van der Waals surface area contributed by atoms with Crippen molar-refractivity contribution in [2.24, 2.45) is 0 Å². The van der Waals surface area contributed by atoms with Crippen LogP contribution in [0.2, 0.25) is 0 Å². The van der Waals surface area contributed by atoms with E-state index in [4.69, 9.17) is 4.74 Å². The van der Waals surface area contributed by atoms with Gasteiger partial charge in [-0.1, -0.05) is 219 Å². The Labute approximate surface area is 270 Å². The molecule has 3 nitrogen and oxygen atoms in total. The van der Waals surface area contributed by atoms with Crippen molar-refractivity contribution in [2.75, 3.05) is 0 Å². The van der Waals surface area contributed by atoms with E-state index in [9.17, 15) is 9.59 Å². The van der Waals surface area contributed by atoms with Gasteiger partial charge in [0, 0.05) is 12.8 Å². The molecule has 0 fully saturated rings. The van der Waals surface area contributed by atoms with Crippen LogP contribution >= 0.6 is 0 Å². The summed E-state index contributed by atoms with van der Waals surface area (Å²) < 4.78 is 5.03. The molecule has 0 atom stereocenters. The molecule has 3 heteroatoms. The van der Waals surface area contributed by atoms with Crippen LogP contribution in [0.5, 0.6) is 0 Å². The van der Waals surface area contributed by atoms with Crippen LogP contribution in [0.1, 0.15) is 245 Å². The molecule has 0 aliphatic carbocycles. The van der Waals surface area contributed by atoms with E-state index < -0.39 is 0 Å². The van der Waals surface area contributed by atoms with Crippen LogP contribution in [0, 0.1) is 0 Å². The number of carbonyl (C=O) groups is 2. The molecule has 0 rings (SSSR count). The molecule has 0 bridgehead atoms. The highest BCUT2D eigenvalue weighted by Crippen LogP contribution is 2.16. The van der Waals surface area contributed by atoms with Crippen molar-refractivity contribution in [3.8, 4) is 0 Å². The maximum Gasteiger partial charge on any atom is 0.313 e. The molecule has 0 aromatic carbocycles. The SMILES string of the molecule is CCCCCCCCCCCCCCCCCCCC(=O)OC(=O)CCCCCCCCCCCCCCCCCCC. The molecule has 0 aromatic heterocycles. The van der Waals surface area contributed by atoms with Crippen molar-refractivity contribution in [3.05, 3.63) is 0 Å². The number of ether oxygens (including phenoxy) is 1. The first kappa shape index (κ1) is 42.1. The van der Waals surface area contributed by atoms with Gasteiger partial charge in [-0.05, 0) is 12.8 Å². The largest absolute Gasteiger partial charge is 0.393 e. The Balaban J connectivity index is 3.26. The lowest BCUT2D eigenvalue weighted by molar-refractivity contribution is -0.159. The fraction of sp³-hybridized carbons (Fsp3) is 0.950. The number of esters is 2. The molecule has 0 saturated carbocycles. The van der Waals surface area contributed by atoms with E-state index >= 15 is 0 Å². The van der Waals surface area contributed by atoms with Crippen molar-refractivity contribution in [1.29, 1.82) is 0 Å². The zero-order valence-electron chi connectivity index (χ0n) is 29.7. The minimum absolute atomic E-state index is 0.321. The molecule has 0 N–H and O–H groups in total. The molecule has 0 aliphatic rings. The standard InChI is InChI=1S/C40H78O3/c1-3-5-7-9-11-13-15-17-19-21-23-25-27-29-31-33-35-37-39(41)43-40(42)38-36-34-32-30-28-26-24-22-20-18-16-14-12-10-8-6-4-2/h3-38H2,1-2H3. The Bertz CT molecular complexity index is 510. The predicted molar refractivity (Wildman–Crippen MR) is 189 cm³/mol. The molecule has 0 aliphatic heterocycles. The van der Waals surface area contributed by atoms with Crippen LogP contribution in [0.4, 0.5) is 0 Å². The zero-order chi connectivity index (χ0) is 31.3. The second kappa shape index (κ2) is 37.3. The maximum atomic E-state index is 12.0. The summed E-state index contributed by atoms with van der Waals surface area (Å²) in [6.45, 7) is 4.57. The number of carbonyl (C=O) groups excluding carboxylic acids is 2. The second-order valence-corrected chi connectivity index (χ2v) is 13.7. The van der Waals surface area contributed by atoms with Crippen molar-refractivity contribution >= 4 is 11.9 Å². The number of unbranched alkanes of at least 4 members (excludes halogenated alkanes) is 32. The highest BCUT2D eigenvalue weighted by atomic mass is 16.6. The number of hydrogen-bond acceptors (Lipinski definition) is 3. The Morgan fingerprint density at radius 1 is 0.279 bits per heavy atom. The molecule has 0 unspecified atom stereocenters. The van der Waals surface area contributed by atoms with Gasteiger partial charge in [-0.3, -0.25) is 9.59 Å². The summed E-state index contributed by atoms with van der Waals surface area (Å²) in [5.41, 5.74) is 0. The van der Waals surface area contributed by atoms with Gasteiger partial charge in [0.25, 0.3) is 0 Å². The van der Waals surface area contributed by atoms with Gasteiger partial charge in [-0.25, -0.2) is 0 Å². The fourth-order valence-electron chi connectivity index (χ4n) is 6.22. The normalized spacial score (nSPS) is 11.3. The number of rotatable bonds is 36. The highest BCUT2D eigenvalue weighted by molar-refractivity contribution is 5.85. The van der Waals surface area contributed by atoms with E-state index in [0.717, 1.165) is 25.7 Å². The van der Waals surface area contributed by atoms with Gasteiger partial charge in [0.15, 0.2) is 0 Å². The molecule has 0 heterocycles. The molecular formula is C40H78O3. The van der Waals surface area contributed by atoms with Gasteiger partial charge in [0.05, 0.1) is 0 Å². The average Bonchev–Trinajstić information content (AvgIpc) is 3.00. The van der Waals surface area contributed by atoms with E-state index in [0.29, 0.717) is 12.8 Å². The third-order valence-electron chi connectivity index (χ3n) is 9.20. The van der Waals surface area contributed by atoms with Crippen LogP contribution in [0.25, 0.3) is 0 Å². The number of hydrogen-bond donors (Lipinski definition) is 0. The molecular weight excluding hydrogens is 528 g/mol. The minimum Gasteiger partial charge on any atom is -0.393 e. The zero-order valence-corrected chi connectivity index (χ0v) is 29.7. The monoisotopic (exact) mass is 607 g/mol. The summed E-state index contributed by atoms with van der Waals surface area (Å²) in [5, 5.41) is 0. The van der Waals surface area contributed by atoms with Crippen LogP contribution in [0.3, 0.4) is 0 Å². The van der Waals surface area contributed by atoms with Crippen molar-refractivity contribution in [1.82, 2.24) is 0 Å². The lowest BCUT2D eigenvalue weighted by Gasteiger charge is -2.05. The summed E-state index contributed by atoms with van der Waals surface area (Å²) in [7, 11) is 0. The van der Waals surface area contributed by atoms with Gasteiger partial charge in [0.2, 0.25) is 0 Å². The van der Waals surface area contributed by atoms with Gasteiger partial charge < -0.3 is 4.74 Å². The van der Waals surface area contributed by atoms with Crippen molar-refractivity contribution < 1.29 is 14.3 Å². The summed E-state index contributed by atoms with van der Waals surface area (Å²) in [5.74, 6) is -0.643. The molecule has 256 valence electrons. The Morgan fingerprint density at radius 2 is 0.442 bits per heavy atom. The smallest absolute Gasteiger partial charge is 0.313 e. The summed E-state index contributed by atoms with van der Waals surface area (Å²) in [6, 6.07) is 0. The summed E-state index contributed by atoms with van der Waals surface area (Å²) in [6.07, 6.45) is 46.0. The van der Waals surface area contributed by atoms with E-state index in [2.05, 4.69) is 13.8 Å². The summed E-state index contributed by atoms with van der Waals surface area (Å²) in [4.78, 5) is 23.9. The lowest BCUT2D eigenvalue weighted by Crippen LogP contribution is -2.11. The van der Waals surface area contributed by atoms with Gasteiger partial charge in [-0.15, -0.1) is 0 Å². The third-order valence-corrected chi connectivity index (χ3v) is 9.20. The third kappa shape index (κ3) is 37.2. The molecule has 43 heavy (non-hydrogen) atoms. The van der Waals surface area contributed by atoms with Gasteiger partial charge >= 0.3 is 11.9 Å². The lowest BCUT2D eigenvalue weighted by atomic mass is 10.0. The van der Waals surface area contributed by atoms with Gasteiger partial charge in [-0.2, -0.15) is 0 Å². The topological polar surface area (TPSA) is 43.4 Å². The first-order valence-electron chi connectivity index (χ1n) is 19.9. The summed E-state index contributed by atoms with van der Waals surface area (Å²) >= 11 is 0. The first-order valence-corrected chi connectivity index (χ1v) is 19.9. The average molecular weight is 607 g/mol. The molecule has 0 saturated heterocycles. The van der Waals surface area contributed by atoms with Crippen LogP contribution in [-0.2, 0) is 14.3 Å². The van der Waals surface area contributed by atoms with E-state index in [-0.39, 0.29) is 11.9 Å². The van der Waals surface area contributed by atoms with Crippen molar-refractivity contribution in [3.63, 3.8) is 0 Å². The minimum atomic E-state index is -0.321. The Kier molecular flexibility index (Phi) is 36.6. The van der Waals surface area contributed by atoms with Crippen LogP contribution in [-0.4, -0.2) is 11.9 Å². The van der Waals surface area contributed by atoms with E-state index in [1.54, 1.807) is 0 Å². The second-order valence-electron chi connectivity index (χ2n) is 13.7. The quantitative estimate of drug-likeness (QED) is 0.0405. The predicted octanol–water partition coefficient (Wildman–Crippen LogP) is 14.1. The van der Waals surface area contributed by atoms with Crippen LogP contribution in [0.15, 0.2) is 0 Å². The van der Waals surface area contributed by atoms with E-state index in [1.807, 2.05) is 0 Å². The van der Waals surface area contributed by atoms with Gasteiger partial charge in [0.1, 0.15) is 0 Å². The van der Waals surface area contributed by atoms with E-state index in [1.165, 1.54) is 193 Å². The van der Waals surface area contributed by atoms with Crippen LogP contribution < -0.4 is 0 Å². The molecule has 0 aromatic rings. The highest BCUT2D eigenvalue weighted by Gasteiger charge is 2.10. The fourth-order valence-corrected chi connectivity index (χ4v) is 6.22. The van der Waals surface area contributed by atoms with Crippen molar-refractivity contribution in [2.45, 2.75) is 245 Å². The molecule has 0 radical (unpaired) electrons.